The Morgan fingerprint density at radius 2 is 0.740 bits per heavy atom. The molecule has 3 unspecified atom stereocenters. The monoisotopic (exact) mass is 1230 g/mol. The zero-order valence-electron chi connectivity index (χ0n) is 44.5. The van der Waals surface area contributed by atoms with Gasteiger partial charge in [-0.15, -0.1) is 0 Å². The normalized spacial score (nSPS) is 11.3. The number of benzene rings is 7. The fourth-order valence-electron chi connectivity index (χ4n) is 8.16. The van der Waals surface area contributed by atoms with Gasteiger partial charge in [0.05, 0.1) is 51.9 Å². The second-order valence-electron chi connectivity index (χ2n) is 17.3. The summed E-state index contributed by atoms with van der Waals surface area (Å²) >= 11 is 10.1. The molecule has 0 bridgehead atoms. The highest BCUT2D eigenvalue weighted by molar-refractivity contribution is 9.11. The van der Waals surface area contributed by atoms with Crippen LogP contribution in [0.25, 0.3) is 22.3 Å². The Morgan fingerprint density at radius 3 is 1.12 bits per heavy atom. The van der Waals surface area contributed by atoms with Crippen molar-refractivity contribution in [1.82, 2.24) is 0 Å². The number of carboxylic acids is 2. The van der Waals surface area contributed by atoms with Gasteiger partial charge >= 0.3 is 29.8 Å². The van der Waals surface area contributed by atoms with Crippen LogP contribution in [0.3, 0.4) is 0 Å². The van der Waals surface area contributed by atoms with E-state index >= 15 is 0 Å². The van der Waals surface area contributed by atoms with E-state index in [1.54, 1.807) is 6.07 Å². The highest BCUT2D eigenvalue weighted by Crippen LogP contribution is 2.34. The van der Waals surface area contributed by atoms with Crippen LogP contribution in [-0.2, 0) is 51.0 Å². The molecule has 0 aromatic heterocycles. The average molecular weight is 1240 g/mol. The van der Waals surface area contributed by atoms with E-state index in [2.05, 4.69) is 84.6 Å². The van der Waals surface area contributed by atoms with Crippen molar-refractivity contribution >= 4 is 77.6 Å². The predicted octanol–water partition coefficient (Wildman–Crippen LogP) is 16.5. The quantitative estimate of drug-likeness (QED) is 0.0627. The Balaban J connectivity index is 0.000000258. The van der Waals surface area contributed by atoms with Crippen LogP contribution in [0.1, 0.15) is 105 Å². The largest absolute Gasteiger partial charge is 0.481 e. The molecule has 0 saturated carbocycles. The van der Waals surface area contributed by atoms with Gasteiger partial charge in [-0.3, -0.25) is 24.0 Å². The molecule has 0 fully saturated rings. The molecule has 7 aromatic carbocycles. The van der Waals surface area contributed by atoms with Gasteiger partial charge in [0.1, 0.15) is 0 Å². The summed E-state index contributed by atoms with van der Waals surface area (Å²) in [4.78, 5) is 56.3. The Labute approximate surface area is 479 Å². The second kappa shape index (κ2) is 36.4. The lowest BCUT2D eigenvalue weighted by Crippen LogP contribution is -2.15. The number of carboxylic acid groups (broad SMARTS) is 2. The molecule has 0 radical (unpaired) electrons. The Kier molecular flexibility index (Phi) is 30.5. The van der Waals surface area contributed by atoms with Crippen LogP contribution >= 0.6 is 47.8 Å². The number of halogens is 3. The van der Waals surface area contributed by atoms with E-state index in [1.165, 1.54) is 21.3 Å². The first-order valence-corrected chi connectivity index (χ1v) is 27.7. The molecule has 0 amide bonds. The number of esters is 3. The van der Waals surface area contributed by atoms with Gasteiger partial charge in [0.15, 0.2) is 0 Å². The molecule has 0 heterocycles. The van der Waals surface area contributed by atoms with Gasteiger partial charge in [-0.2, -0.15) is 0 Å². The Bertz CT molecular complexity index is 2890. The fraction of sp³-hybridized carbons (Fsp3) is 0.266. The summed E-state index contributed by atoms with van der Waals surface area (Å²) in [5, 5.41) is 17.9. The second-order valence-corrected chi connectivity index (χ2v) is 19.9. The van der Waals surface area contributed by atoms with Crippen LogP contribution in [0.2, 0.25) is 0 Å². The molecule has 10 nitrogen and oxygen atoms in total. The lowest BCUT2D eigenvalue weighted by atomic mass is 9.88. The average Bonchev–Trinajstić information content (AvgIpc) is 3.45. The molecule has 0 aliphatic heterocycles. The van der Waals surface area contributed by atoms with E-state index in [0.717, 1.165) is 95.6 Å². The molecule has 7 rings (SSSR count). The number of hydrogen-bond acceptors (Lipinski definition) is 8. The molecule has 0 spiro atoms. The minimum absolute atomic E-state index is 0.0709. The number of ether oxygens (including phenoxy) is 3. The summed E-state index contributed by atoms with van der Waals surface area (Å²) in [6.45, 7) is 6.16. The molecule has 3 atom stereocenters. The minimum Gasteiger partial charge on any atom is -0.481 e. The van der Waals surface area contributed by atoms with Crippen molar-refractivity contribution in [3.05, 3.63) is 223 Å². The van der Waals surface area contributed by atoms with Crippen molar-refractivity contribution in [2.24, 2.45) is 0 Å². The van der Waals surface area contributed by atoms with Crippen LogP contribution in [0.4, 0.5) is 0 Å². The summed E-state index contributed by atoms with van der Waals surface area (Å²) in [7, 11) is 4.27. The maximum Gasteiger partial charge on any atom is 0.313 e. The third kappa shape index (κ3) is 22.1. The molecule has 406 valence electrons. The van der Waals surface area contributed by atoms with E-state index < -0.39 is 17.9 Å². The number of carbonyl (C=O) groups is 5. The van der Waals surface area contributed by atoms with Gasteiger partial charge in [-0.1, -0.05) is 252 Å². The first kappa shape index (κ1) is 64.6. The smallest absolute Gasteiger partial charge is 0.313 e. The van der Waals surface area contributed by atoms with E-state index in [0.29, 0.717) is 12.8 Å². The molecular weight excluding hydrogens is 1170 g/mol. The molecule has 77 heavy (non-hydrogen) atoms. The Hall–Kier alpha value is -6.67. The molecule has 0 saturated heterocycles. The van der Waals surface area contributed by atoms with Crippen LogP contribution in [0, 0.1) is 0 Å². The summed E-state index contributed by atoms with van der Waals surface area (Å²) in [6, 6.07) is 58.6. The first-order valence-electron chi connectivity index (χ1n) is 25.3. The third-order valence-electron chi connectivity index (χ3n) is 11.9. The SMILES string of the molecule is CCCC(C(=O)O)c1ccccc1-c1ccccc1.CCCC(C(=O)OC)c1ccccc1-c1ccccc1.CCCC(C(=O)OC)c1ccccc1Br.COC(=O)Cc1ccccc1Br.O=C(O)Cc1ccccc1Br. The maximum absolute atomic E-state index is 12.1. The summed E-state index contributed by atoms with van der Waals surface area (Å²) in [5.74, 6) is -2.87. The summed E-state index contributed by atoms with van der Waals surface area (Å²) in [6.07, 6.45) is 5.44. The fourth-order valence-corrected chi connectivity index (χ4v) is 9.57. The number of rotatable bonds is 18. The van der Waals surface area contributed by atoms with Crippen molar-refractivity contribution < 1.29 is 48.4 Å². The highest BCUT2D eigenvalue weighted by atomic mass is 79.9. The van der Waals surface area contributed by atoms with Crippen molar-refractivity contribution in [3.8, 4) is 22.3 Å². The van der Waals surface area contributed by atoms with Crippen molar-refractivity contribution in [1.29, 1.82) is 0 Å². The van der Waals surface area contributed by atoms with Crippen molar-refractivity contribution in [3.63, 3.8) is 0 Å². The van der Waals surface area contributed by atoms with Gasteiger partial charge in [-0.25, -0.2) is 0 Å². The van der Waals surface area contributed by atoms with Gasteiger partial charge in [-0.05, 0) is 87.5 Å². The predicted molar refractivity (Wildman–Crippen MR) is 318 cm³/mol. The van der Waals surface area contributed by atoms with Gasteiger partial charge < -0.3 is 24.4 Å². The lowest BCUT2D eigenvalue weighted by molar-refractivity contribution is -0.143. The minimum atomic E-state index is -0.808. The third-order valence-corrected chi connectivity index (χ3v) is 14.2. The van der Waals surface area contributed by atoms with Gasteiger partial charge in [0, 0.05) is 13.4 Å². The molecule has 0 aliphatic carbocycles. The van der Waals surface area contributed by atoms with Crippen LogP contribution in [0.5, 0.6) is 0 Å². The van der Waals surface area contributed by atoms with E-state index in [-0.39, 0.29) is 36.2 Å². The highest BCUT2D eigenvalue weighted by Gasteiger charge is 2.25. The molecule has 7 aromatic rings. The van der Waals surface area contributed by atoms with Crippen molar-refractivity contribution in [2.45, 2.75) is 89.9 Å². The number of hydrogen-bond donors (Lipinski definition) is 2. The van der Waals surface area contributed by atoms with E-state index in [1.807, 2.05) is 165 Å². The molecular formula is C64H69Br3O10. The summed E-state index contributed by atoms with van der Waals surface area (Å²) < 4.78 is 17.1. The number of methoxy groups -OCH3 is 3. The standard InChI is InChI=1S/C18H20O2.C17H18O2.C12H15BrO2.C9H9BrO2.C8H7BrO2/c1-3-9-17(18(19)20-2)16-13-8-7-12-15(16)14-10-5-4-6-11-14;1-2-8-16(17(18)19)15-12-7-6-11-14(15)13-9-4-3-5-10-13;1-3-6-10(12(14)15-2)9-7-4-5-8-11(9)13;1-12-9(11)6-7-4-2-3-5-8(7)10;9-7-4-2-1-3-6(7)5-8(10)11/h4-8,10-13,17H,3,9H2,1-2H3;3-7,9-12,16H,2,8H2,1H3,(H,18,19);4-5,7-8,10H,3,6H2,1-2H3;2-5H,6H2,1H3;1-4H,5H2,(H,10,11). The Morgan fingerprint density at radius 1 is 0.403 bits per heavy atom. The van der Waals surface area contributed by atoms with E-state index in [9.17, 15) is 29.1 Å². The van der Waals surface area contributed by atoms with Crippen LogP contribution in [0.15, 0.2) is 195 Å². The molecule has 13 heteroatoms. The topological polar surface area (TPSA) is 153 Å². The molecule has 2 N–H and O–H groups in total. The lowest BCUT2D eigenvalue weighted by Gasteiger charge is -2.18. The van der Waals surface area contributed by atoms with Gasteiger partial charge in [0.25, 0.3) is 0 Å². The number of aliphatic carboxylic acids is 2. The number of carbonyl (C=O) groups excluding carboxylic acids is 3. The van der Waals surface area contributed by atoms with Crippen molar-refractivity contribution in [2.75, 3.05) is 21.3 Å². The zero-order chi connectivity index (χ0) is 56.5. The van der Waals surface area contributed by atoms with E-state index in [4.69, 9.17) is 14.6 Å². The van der Waals surface area contributed by atoms with Crippen LogP contribution in [-0.4, -0.2) is 61.4 Å². The van der Waals surface area contributed by atoms with Gasteiger partial charge in [0.2, 0.25) is 0 Å². The molecule has 0 aliphatic rings. The first-order chi connectivity index (χ1) is 37.1. The zero-order valence-corrected chi connectivity index (χ0v) is 49.3. The van der Waals surface area contributed by atoms with Crippen LogP contribution < -0.4 is 0 Å². The summed E-state index contributed by atoms with van der Waals surface area (Å²) in [5.41, 5.74) is 9.04. The maximum atomic E-state index is 12.1.